The van der Waals surface area contributed by atoms with E-state index >= 15 is 0 Å². The Morgan fingerprint density at radius 2 is 2.12 bits per heavy atom. The van der Waals surface area contributed by atoms with Crippen molar-refractivity contribution in [2.45, 2.75) is 6.54 Å². The fourth-order valence-corrected chi connectivity index (χ4v) is 1.74. The van der Waals surface area contributed by atoms with E-state index in [4.69, 9.17) is 0 Å². The molecule has 3 aromatic rings. The van der Waals surface area contributed by atoms with Crippen LogP contribution in [0.1, 0.15) is 5.56 Å². The van der Waals surface area contributed by atoms with Crippen molar-refractivity contribution in [3.05, 3.63) is 65.0 Å². The highest BCUT2D eigenvalue weighted by molar-refractivity contribution is 5.35. The molecule has 5 heteroatoms. The molecule has 0 spiro atoms. The van der Waals surface area contributed by atoms with Gasteiger partial charge in [-0.25, -0.2) is 9.48 Å². The summed E-state index contributed by atoms with van der Waals surface area (Å²) in [5, 5.41) is 4.25. The number of fused-ring (bicyclic) bond motifs is 1. The molecule has 0 aromatic carbocycles. The number of aromatic nitrogens is 4. The van der Waals surface area contributed by atoms with Gasteiger partial charge in [0.15, 0.2) is 5.65 Å². The van der Waals surface area contributed by atoms with Crippen molar-refractivity contribution in [3.63, 3.8) is 0 Å². The molecular formula is C12H10N4O. The monoisotopic (exact) mass is 226 g/mol. The lowest BCUT2D eigenvalue weighted by Crippen LogP contribution is -2.21. The lowest BCUT2D eigenvalue weighted by atomic mass is 10.3. The van der Waals surface area contributed by atoms with Gasteiger partial charge in [-0.15, -0.1) is 5.10 Å². The van der Waals surface area contributed by atoms with Gasteiger partial charge in [0.25, 0.3) is 0 Å². The van der Waals surface area contributed by atoms with Crippen molar-refractivity contribution in [3.8, 4) is 0 Å². The van der Waals surface area contributed by atoms with Crippen molar-refractivity contribution in [1.82, 2.24) is 19.2 Å². The van der Waals surface area contributed by atoms with E-state index in [1.807, 2.05) is 24.3 Å². The van der Waals surface area contributed by atoms with Crippen molar-refractivity contribution in [1.29, 1.82) is 0 Å². The summed E-state index contributed by atoms with van der Waals surface area (Å²) in [6, 6.07) is 9.24. The topological polar surface area (TPSA) is 52.2 Å². The van der Waals surface area contributed by atoms with Gasteiger partial charge in [-0.1, -0.05) is 12.1 Å². The summed E-state index contributed by atoms with van der Waals surface area (Å²) in [7, 11) is 0. The Morgan fingerprint density at radius 3 is 2.88 bits per heavy atom. The van der Waals surface area contributed by atoms with Gasteiger partial charge in [-0.3, -0.25) is 9.38 Å². The quantitative estimate of drug-likeness (QED) is 0.653. The Labute approximate surface area is 97.0 Å². The summed E-state index contributed by atoms with van der Waals surface area (Å²) in [5.41, 5.74) is 1.48. The normalized spacial score (nSPS) is 10.8. The molecule has 0 saturated heterocycles. The van der Waals surface area contributed by atoms with Crippen LogP contribution in [0.4, 0.5) is 0 Å². The molecule has 0 fully saturated rings. The fourth-order valence-electron chi connectivity index (χ4n) is 1.74. The largest absolute Gasteiger partial charge is 0.350 e. The molecule has 0 aliphatic carbocycles. The van der Waals surface area contributed by atoms with E-state index < -0.39 is 0 Å². The zero-order valence-electron chi connectivity index (χ0n) is 9.02. The minimum Gasteiger partial charge on any atom is -0.264 e. The van der Waals surface area contributed by atoms with Gasteiger partial charge in [-0.2, -0.15) is 0 Å². The third-order valence-corrected chi connectivity index (χ3v) is 2.54. The van der Waals surface area contributed by atoms with Crippen LogP contribution in [0.5, 0.6) is 0 Å². The van der Waals surface area contributed by atoms with E-state index in [0.717, 1.165) is 5.56 Å². The first-order valence-electron chi connectivity index (χ1n) is 5.28. The minimum atomic E-state index is -0.135. The van der Waals surface area contributed by atoms with Crippen molar-refractivity contribution >= 4 is 5.65 Å². The molecule has 0 unspecified atom stereocenters. The van der Waals surface area contributed by atoms with E-state index in [9.17, 15) is 4.79 Å². The van der Waals surface area contributed by atoms with Gasteiger partial charge < -0.3 is 0 Å². The molecule has 5 nitrogen and oxygen atoms in total. The highest BCUT2D eigenvalue weighted by Gasteiger charge is 2.05. The lowest BCUT2D eigenvalue weighted by Gasteiger charge is -1.97. The van der Waals surface area contributed by atoms with E-state index in [0.29, 0.717) is 12.2 Å². The molecule has 0 saturated carbocycles. The van der Waals surface area contributed by atoms with Crippen LogP contribution in [0.3, 0.4) is 0 Å². The molecule has 0 radical (unpaired) electrons. The third-order valence-electron chi connectivity index (χ3n) is 2.54. The van der Waals surface area contributed by atoms with Crippen LogP contribution >= 0.6 is 0 Å². The molecule has 0 amide bonds. The number of nitrogens with zero attached hydrogens (tertiary/aromatic N) is 4. The Bertz CT molecular complexity index is 699. The van der Waals surface area contributed by atoms with Crippen molar-refractivity contribution < 1.29 is 0 Å². The smallest absolute Gasteiger partial charge is 0.264 e. The molecule has 3 rings (SSSR count). The Kier molecular flexibility index (Phi) is 2.22. The molecule has 0 bridgehead atoms. The number of hydrogen-bond donors (Lipinski definition) is 0. The molecule has 3 heterocycles. The first-order valence-corrected chi connectivity index (χ1v) is 5.28. The van der Waals surface area contributed by atoms with E-state index in [1.165, 1.54) is 9.08 Å². The van der Waals surface area contributed by atoms with E-state index in [2.05, 4.69) is 10.1 Å². The van der Waals surface area contributed by atoms with Crippen molar-refractivity contribution in [2.24, 2.45) is 0 Å². The van der Waals surface area contributed by atoms with Gasteiger partial charge in [0, 0.05) is 18.6 Å². The highest BCUT2D eigenvalue weighted by Crippen LogP contribution is 1.99. The van der Waals surface area contributed by atoms with E-state index in [-0.39, 0.29) is 5.69 Å². The maximum atomic E-state index is 12.0. The predicted octanol–water partition coefficient (Wildman–Crippen LogP) is 0.939. The fraction of sp³-hybridized carbons (Fsp3) is 0.0833. The molecule has 0 aliphatic heterocycles. The standard InChI is InChI=1S/C12H10N4O/c17-12-15-7-2-1-5-11(15)14-16(12)9-10-4-3-6-13-8-10/h1-8H,9H2. The van der Waals surface area contributed by atoms with Crippen LogP contribution in [-0.2, 0) is 6.54 Å². The van der Waals surface area contributed by atoms with E-state index in [1.54, 1.807) is 24.7 Å². The summed E-state index contributed by atoms with van der Waals surface area (Å²) in [6.07, 6.45) is 5.15. The molecule has 3 aromatic heterocycles. The predicted molar refractivity (Wildman–Crippen MR) is 62.8 cm³/mol. The number of pyridine rings is 2. The molecule has 17 heavy (non-hydrogen) atoms. The minimum absolute atomic E-state index is 0.135. The van der Waals surface area contributed by atoms with Crippen LogP contribution in [0, 0.1) is 0 Å². The SMILES string of the molecule is O=c1n(Cc2cccnc2)nc2ccccn12. The third kappa shape index (κ3) is 1.71. The zero-order chi connectivity index (χ0) is 11.7. The van der Waals surface area contributed by atoms with Gasteiger partial charge in [0.1, 0.15) is 0 Å². The highest BCUT2D eigenvalue weighted by atomic mass is 16.2. The second kappa shape index (κ2) is 3.86. The Hall–Kier alpha value is -2.43. The number of rotatable bonds is 2. The summed E-state index contributed by atoms with van der Waals surface area (Å²) < 4.78 is 2.96. The van der Waals surface area contributed by atoms with Gasteiger partial charge in [-0.05, 0) is 23.8 Å². The second-order valence-electron chi connectivity index (χ2n) is 3.73. The average molecular weight is 226 g/mol. The molecule has 0 atom stereocenters. The second-order valence-corrected chi connectivity index (χ2v) is 3.73. The summed E-state index contributed by atoms with van der Waals surface area (Å²) in [5.74, 6) is 0. The first-order chi connectivity index (χ1) is 8.34. The van der Waals surface area contributed by atoms with Gasteiger partial charge in [0.2, 0.25) is 0 Å². The van der Waals surface area contributed by atoms with Gasteiger partial charge >= 0.3 is 5.69 Å². The summed E-state index contributed by atoms with van der Waals surface area (Å²) >= 11 is 0. The zero-order valence-corrected chi connectivity index (χ0v) is 9.02. The summed E-state index contributed by atoms with van der Waals surface area (Å²) in [6.45, 7) is 0.439. The first kappa shape index (κ1) is 9.77. The molecular weight excluding hydrogens is 216 g/mol. The molecule has 84 valence electrons. The van der Waals surface area contributed by atoms with Crippen LogP contribution in [0.15, 0.2) is 53.7 Å². The average Bonchev–Trinajstić information content (AvgIpc) is 2.68. The van der Waals surface area contributed by atoms with Crippen LogP contribution in [0.25, 0.3) is 5.65 Å². The maximum absolute atomic E-state index is 12.0. The van der Waals surface area contributed by atoms with Crippen LogP contribution in [0.2, 0.25) is 0 Å². The maximum Gasteiger partial charge on any atom is 0.350 e. The Morgan fingerprint density at radius 1 is 1.18 bits per heavy atom. The molecule has 0 aliphatic rings. The summed E-state index contributed by atoms with van der Waals surface area (Å²) in [4.78, 5) is 16.0. The van der Waals surface area contributed by atoms with Crippen LogP contribution < -0.4 is 5.69 Å². The Balaban J connectivity index is 2.07. The van der Waals surface area contributed by atoms with Crippen LogP contribution in [-0.4, -0.2) is 19.2 Å². The van der Waals surface area contributed by atoms with Gasteiger partial charge in [0.05, 0.1) is 6.54 Å². The number of hydrogen-bond acceptors (Lipinski definition) is 3. The van der Waals surface area contributed by atoms with Crippen molar-refractivity contribution in [2.75, 3.05) is 0 Å². The molecule has 0 N–H and O–H groups in total. The lowest BCUT2D eigenvalue weighted by molar-refractivity contribution is 0.657.